The number of amides is 1. The van der Waals surface area contributed by atoms with Crippen molar-refractivity contribution in [3.05, 3.63) is 24.5 Å². The lowest BCUT2D eigenvalue weighted by Crippen LogP contribution is -2.50. The van der Waals surface area contributed by atoms with E-state index in [1.54, 1.807) is 29.1 Å². The van der Waals surface area contributed by atoms with Gasteiger partial charge in [-0.15, -0.1) is 10.2 Å². The fourth-order valence-electron chi connectivity index (χ4n) is 3.25. The van der Waals surface area contributed by atoms with Gasteiger partial charge >= 0.3 is 6.09 Å². The zero-order valence-electron chi connectivity index (χ0n) is 17.9. The van der Waals surface area contributed by atoms with Crippen molar-refractivity contribution in [2.75, 3.05) is 12.4 Å². The summed E-state index contributed by atoms with van der Waals surface area (Å²) in [6.07, 6.45) is 3.13. The van der Waals surface area contributed by atoms with Gasteiger partial charge in [0, 0.05) is 30.3 Å². The highest BCUT2D eigenvalue weighted by atomic mass is 32.2. The lowest BCUT2D eigenvalue weighted by atomic mass is 10.2. The standard InChI is InChI=1S/C20H29N5O3S/c1-7-24-16(14-8-10-21-11-9-14)22-23-17(24)29-13-15-12-27-20(5,6)25(15)18(26)28-19(2,3)4/h8-11,15H,7,12-13H2,1-6H3/t15-/m0/s1. The number of aromatic nitrogens is 4. The number of hydrogen-bond acceptors (Lipinski definition) is 7. The van der Waals surface area contributed by atoms with Crippen molar-refractivity contribution in [1.29, 1.82) is 0 Å². The Hall–Kier alpha value is -2.13. The molecule has 0 unspecified atom stereocenters. The molecule has 1 fully saturated rings. The molecule has 158 valence electrons. The highest BCUT2D eigenvalue weighted by Crippen LogP contribution is 2.33. The minimum absolute atomic E-state index is 0.115. The van der Waals surface area contributed by atoms with Gasteiger partial charge in [0.15, 0.2) is 11.0 Å². The van der Waals surface area contributed by atoms with Crippen molar-refractivity contribution >= 4 is 17.9 Å². The van der Waals surface area contributed by atoms with Crippen molar-refractivity contribution in [2.24, 2.45) is 0 Å². The molecule has 9 heteroatoms. The van der Waals surface area contributed by atoms with Crippen molar-refractivity contribution in [1.82, 2.24) is 24.6 Å². The summed E-state index contributed by atoms with van der Waals surface area (Å²) in [4.78, 5) is 18.5. The molecule has 1 aliphatic heterocycles. The van der Waals surface area contributed by atoms with Gasteiger partial charge in [-0.3, -0.25) is 9.88 Å². The molecule has 2 aromatic rings. The Kier molecular flexibility index (Phi) is 6.19. The highest BCUT2D eigenvalue weighted by Gasteiger charge is 2.45. The van der Waals surface area contributed by atoms with Gasteiger partial charge in [-0.2, -0.15) is 0 Å². The summed E-state index contributed by atoms with van der Waals surface area (Å²) in [6.45, 7) is 12.6. The predicted molar refractivity (Wildman–Crippen MR) is 112 cm³/mol. The predicted octanol–water partition coefficient (Wildman–Crippen LogP) is 3.82. The van der Waals surface area contributed by atoms with Crippen LogP contribution in [-0.4, -0.2) is 60.5 Å². The maximum Gasteiger partial charge on any atom is 0.412 e. The lowest BCUT2D eigenvalue weighted by molar-refractivity contribution is -0.0617. The number of carbonyl (C=O) groups excluding carboxylic acids is 1. The molecule has 1 aliphatic rings. The number of hydrogen-bond donors (Lipinski definition) is 0. The Balaban J connectivity index is 1.75. The van der Waals surface area contributed by atoms with Gasteiger partial charge < -0.3 is 14.0 Å². The number of rotatable bonds is 5. The van der Waals surface area contributed by atoms with Crippen molar-refractivity contribution < 1.29 is 14.3 Å². The number of ether oxygens (including phenoxy) is 2. The Bertz CT molecular complexity index is 848. The molecule has 1 saturated heterocycles. The third kappa shape index (κ3) is 4.90. The molecule has 0 saturated carbocycles. The fourth-order valence-corrected chi connectivity index (χ4v) is 4.31. The van der Waals surface area contributed by atoms with Gasteiger partial charge in [0.25, 0.3) is 0 Å². The third-order valence-electron chi connectivity index (χ3n) is 4.54. The maximum atomic E-state index is 12.8. The van der Waals surface area contributed by atoms with Crippen molar-refractivity contribution in [2.45, 2.75) is 70.6 Å². The van der Waals surface area contributed by atoms with Crippen molar-refractivity contribution in [3.63, 3.8) is 0 Å². The SMILES string of the molecule is CCn1c(SC[C@@H]2COC(C)(C)N2C(=O)OC(C)(C)C)nnc1-c1ccncc1. The van der Waals surface area contributed by atoms with Crippen LogP contribution in [0.2, 0.25) is 0 Å². The van der Waals surface area contributed by atoms with Crippen LogP contribution in [-0.2, 0) is 16.0 Å². The number of nitrogens with zero attached hydrogens (tertiary/aromatic N) is 5. The molecule has 2 aromatic heterocycles. The molecule has 1 atom stereocenters. The highest BCUT2D eigenvalue weighted by molar-refractivity contribution is 7.99. The summed E-state index contributed by atoms with van der Waals surface area (Å²) in [7, 11) is 0. The largest absolute Gasteiger partial charge is 0.444 e. The molecule has 3 heterocycles. The molecule has 8 nitrogen and oxygen atoms in total. The quantitative estimate of drug-likeness (QED) is 0.681. The Morgan fingerprint density at radius 3 is 2.62 bits per heavy atom. The summed E-state index contributed by atoms with van der Waals surface area (Å²) < 4.78 is 13.6. The van der Waals surface area contributed by atoms with Crippen LogP contribution in [0.15, 0.2) is 29.7 Å². The molecule has 0 aromatic carbocycles. The molecule has 0 N–H and O–H groups in total. The van der Waals surface area contributed by atoms with Gasteiger partial charge in [0.1, 0.15) is 11.3 Å². The van der Waals surface area contributed by atoms with Crippen LogP contribution in [0.3, 0.4) is 0 Å². The van der Waals surface area contributed by atoms with Crippen LogP contribution in [0, 0.1) is 0 Å². The van der Waals surface area contributed by atoms with E-state index in [1.807, 2.05) is 46.8 Å². The van der Waals surface area contributed by atoms with E-state index in [2.05, 4.69) is 26.7 Å². The Labute approximate surface area is 176 Å². The van der Waals surface area contributed by atoms with Crippen LogP contribution in [0.25, 0.3) is 11.4 Å². The first-order valence-corrected chi connectivity index (χ1v) is 10.7. The molecule has 0 radical (unpaired) electrons. The number of carbonyl (C=O) groups is 1. The average Bonchev–Trinajstić information content (AvgIpc) is 3.18. The molecule has 1 amide bonds. The Morgan fingerprint density at radius 1 is 1.31 bits per heavy atom. The summed E-state index contributed by atoms with van der Waals surface area (Å²) in [5.41, 5.74) is -0.300. The second kappa shape index (κ2) is 8.31. The zero-order chi connectivity index (χ0) is 21.2. The second-order valence-electron chi connectivity index (χ2n) is 8.36. The first-order chi connectivity index (χ1) is 13.6. The number of thioether (sulfide) groups is 1. The molecule has 0 aliphatic carbocycles. The van der Waals surface area contributed by atoms with E-state index in [0.717, 1.165) is 23.1 Å². The van der Waals surface area contributed by atoms with E-state index in [-0.39, 0.29) is 12.1 Å². The van der Waals surface area contributed by atoms with Gasteiger partial charge in [0.05, 0.1) is 12.6 Å². The molecule has 0 spiro atoms. The molecule has 0 bridgehead atoms. The minimum Gasteiger partial charge on any atom is -0.444 e. The monoisotopic (exact) mass is 419 g/mol. The minimum atomic E-state index is -0.714. The van der Waals surface area contributed by atoms with E-state index in [4.69, 9.17) is 9.47 Å². The summed E-state index contributed by atoms with van der Waals surface area (Å²) in [5, 5.41) is 9.54. The van der Waals surface area contributed by atoms with E-state index in [9.17, 15) is 4.79 Å². The van der Waals surface area contributed by atoms with Gasteiger partial charge in [-0.05, 0) is 53.7 Å². The zero-order valence-corrected chi connectivity index (χ0v) is 18.7. The first-order valence-electron chi connectivity index (χ1n) is 9.75. The second-order valence-corrected chi connectivity index (χ2v) is 9.35. The molecule has 29 heavy (non-hydrogen) atoms. The summed E-state index contributed by atoms with van der Waals surface area (Å²) >= 11 is 1.57. The first kappa shape index (κ1) is 21.6. The Morgan fingerprint density at radius 2 is 2.00 bits per heavy atom. The fraction of sp³-hybridized carbons (Fsp3) is 0.600. The van der Waals surface area contributed by atoms with E-state index in [1.165, 1.54) is 0 Å². The summed E-state index contributed by atoms with van der Waals surface area (Å²) in [6, 6.07) is 3.72. The molecule has 3 rings (SSSR count). The van der Waals surface area contributed by atoms with E-state index < -0.39 is 11.3 Å². The maximum absolute atomic E-state index is 12.8. The molecular weight excluding hydrogens is 390 g/mol. The normalized spacial score (nSPS) is 18.8. The average molecular weight is 420 g/mol. The number of pyridine rings is 1. The van der Waals surface area contributed by atoms with E-state index in [0.29, 0.717) is 12.4 Å². The van der Waals surface area contributed by atoms with E-state index >= 15 is 0 Å². The lowest BCUT2D eigenvalue weighted by Gasteiger charge is -2.35. The van der Waals surface area contributed by atoms with Crippen LogP contribution in [0.1, 0.15) is 41.5 Å². The smallest absolute Gasteiger partial charge is 0.412 e. The summed E-state index contributed by atoms with van der Waals surface area (Å²) in [5.74, 6) is 1.45. The van der Waals surface area contributed by atoms with Gasteiger partial charge in [-0.25, -0.2) is 4.79 Å². The van der Waals surface area contributed by atoms with Crippen LogP contribution >= 0.6 is 11.8 Å². The van der Waals surface area contributed by atoms with Gasteiger partial charge in [0.2, 0.25) is 0 Å². The third-order valence-corrected chi connectivity index (χ3v) is 5.65. The van der Waals surface area contributed by atoms with Crippen LogP contribution < -0.4 is 0 Å². The topological polar surface area (TPSA) is 82.4 Å². The van der Waals surface area contributed by atoms with Crippen LogP contribution in [0.5, 0.6) is 0 Å². The van der Waals surface area contributed by atoms with Crippen molar-refractivity contribution in [3.8, 4) is 11.4 Å². The van der Waals surface area contributed by atoms with Crippen LogP contribution in [0.4, 0.5) is 4.79 Å². The van der Waals surface area contributed by atoms with Gasteiger partial charge in [-0.1, -0.05) is 11.8 Å². The molecular formula is C20H29N5O3S.